The number of aryl methyl sites for hydroxylation is 2. The molecule has 0 bridgehead atoms. The highest BCUT2D eigenvalue weighted by Gasteiger charge is 2.08. The van der Waals surface area contributed by atoms with E-state index >= 15 is 0 Å². The number of rotatable bonds is 4. The quantitative estimate of drug-likeness (QED) is 0.916. The van der Waals surface area contributed by atoms with Gasteiger partial charge in [-0.15, -0.1) is 0 Å². The van der Waals surface area contributed by atoms with E-state index in [-0.39, 0.29) is 5.56 Å². The third-order valence-electron chi connectivity index (χ3n) is 3.03. The zero-order valence-corrected chi connectivity index (χ0v) is 12.1. The van der Waals surface area contributed by atoms with Crippen molar-refractivity contribution in [2.24, 2.45) is 0 Å². The van der Waals surface area contributed by atoms with E-state index in [2.05, 4.69) is 0 Å². The van der Waals surface area contributed by atoms with Crippen LogP contribution in [0.3, 0.4) is 0 Å². The topological polar surface area (TPSA) is 46.5 Å². The Labute approximate surface area is 122 Å². The summed E-state index contributed by atoms with van der Waals surface area (Å²) < 4.78 is 5.75. The standard InChI is InChI=1S/C16H15ClO3/c1-10-3-4-11(2)15(7-10)20-9-13-6-5-12(16(18)19)8-14(13)17/h3-8H,9H2,1-2H3,(H,18,19). The van der Waals surface area contributed by atoms with Gasteiger partial charge in [0.25, 0.3) is 0 Å². The second kappa shape index (κ2) is 5.97. The van der Waals surface area contributed by atoms with Gasteiger partial charge in [0.05, 0.1) is 5.56 Å². The predicted octanol–water partition coefficient (Wildman–Crippen LogP) is 4.23. The number of carboxylic acids is 1. The predicted molar refractivity (Wildman–Crippen MR) is 78.7 cm³/mol. The highest BCUT2D eigenvalue weighted by Crippen LogP contribution is 2.23. The Hall–Kier alpha value is -2.00. The number of halogens is 1. The van der Waals surface area contributed by atoms with Crippen LogP contribution in [0.2, 0.25) is 5.02 Å². The van der Waals surface area contributed by atoms with Crippen molar-refractivity contribution in [2.45, 2.75) is 20.5 Å². The zero-order chi connectivity index (χ0) is 14.7. The lowest BCUT2D eigenvalue weighted by Gasteiger charge is -2.11. The van der Waals surface area contributed by atoms with E-state index in [9.17, 15) is 4.79 Å². The van der Waals surface area contributed by atoms with Crippen molar-refractivity contribution in [2.75, 3.05) is 0 Å². The molecule has 0 fully saturated rings. The van der Waals surface area contributed by atoms with Crippen LogP contribution >= 0.6 is 11.6 Å². The molecule has 0 unspecified atom stereocenters. The van der Waals surface area contributed by atoms with Gasteiger partial charge in [-0.25, -0.2) is 4.79 Å². The number of carbonyl (C=O) groups is 1. The number of carboxylic acid groups (broad SMARTS) is 1. The van der Waals surface area contributed by atoms with Gasteiger partial charge >= 0.3 is 5.97 Å². The van der Waals surface area contributed by atoms with E-state index in [1.54, 1.807) is 6.07 Å². The molecule has 2 aromatic carbocycles. The van der Waals surface area contributed by atoms with Crippen molar-refractivity contribution in [3.8, 4) is 5.75 Å². The average Bonchev–Trinajstić information content (AvgIpc) is 2.40. The van der Waals surface area contributed by atoms with E-state index < -0.39 is 5.97 Å². The molecule has 0 spiro atoms. The third kappa shape index (κ3) is 3.31. The molecule has 0 saturated heterocycles. The first kappa shape index (κ1) is 14.4. The minimum atomic E-state index is -0.992. The van der Waals surface area contributed by atoms with Crippen molar-refractivity contribution in [1.82, 2.24) is 0 Å². The first-order chi connectivity index (χ1) is 9.47. The van der Waals surface area contributed by atoms with Crippen LogP contribution in [0.25, 0.3) is 0 Å². The Kier molecular flexibility index (Phi) is 4.30. The molecule has 1 N–H and O–H groups in total. The Balaban J connectivity index is 2.15. The molecule has 0 saturated carbocycles. The van der Waals surface area contributed by atoms with Gasteiger partial charge in [-0.05, 0) is 43.2 Å². The zero-order valence-electron chi connectivity index (χ0n) is 11.3. The molecule has 0 aliphatic rings. The number of hydrogen-bond acceptors (Lipinski definition) is 2. The second-order valence-electron chi connectivity index (χ2n) is 4.67. The summed E-state index contributed by atoms with van der Waals surface area (Å²) in [5.74, 6) is -0.183. The van der Waals surface area contributed by atoms with Crippen LogP contribution in [0.5, 0.6) is 5.75 Å². The summed E-state index contributed by atoms with van der Waals surface area (Å²) in [6, 6.07) is 10.6. The van der Waals surface area contributed by atoms with Crippen LogP contribution < -0.4 is 4.74 Å². The molecular formula is C16H15ClO3. The highest BCUT2D eigenvalue weighted by molar-refractivity contribution is 6.31. The summed E-state index contributed by atoms with van der Waals surface area (Å²) in [5, 5.41) is 9.28. The van der Waals surface area contributed by atoms with Gasteiger partial charge in [0.1, 0.15) is 12.4 Å². The molecule has 0 amide bonds. The molecule has 0 aliphatic carbocycles. The molecular weight excluding hydrogens is 276 g/mol. The van der Waals surface area contributed by atoms with E-state index in [1.807, 2.05) is 32.0 Å². The van der Waals surface area contributed by atoms with Crippen LogP contribution in [0.15, 0.2) is 36.4 Å². The summed E-state index contributed by atoms with van der Waals surface area (Å²) in [4.78, 5) is 10.8. The Bertz CT molecular complexity index is 650. The molecule has 20 heavy (non-hydrogen) atoms. The lowest BCUT2D eigenvalue weighted by Crippen LogP contribution is -2.01. The average molecular weight is 291 g/mol. The highest BCUT2D eigenvalue weighted by atomic mass is 35.5. The molecule has 0 aliphatic heterocycles. The molecule has 2 rings (SSSR count). The monoisotopic (exact) mass is 290 g/mol. The van der Waals surface area contributed by atoms with Crippen LogP contribution in [-0.4, -0.2) is 11.1 Å². The van der Waals surface area contributed by atoms with E-state index in [0.29, 0.717) is 11.6 Å². The maximum atomic E-state index is 10.8. The Morgan fingerprint density at radius 2 is 1.95 bits per heavy atom. The Morgan fingerprint density at radius 3 is 2.60 bits per heavy atom. The smallest absolute Gasteiger partial charge is 0.335 e. The molecule has 4 heteroatoms. The lowest BCUT2D eigenvalue weighted by molar-refractivity contribution is 0.0697. The normalized spacial score (nSPS) is 10.3. The minimum absolute atomic E-state index is 0.172. The van der Waals surface area contributed by atoms with Gasteiger partial charge < -0.3 is 9.84 Å². The van der Waals surface area contributed by atoms with Crippen molar-refractivity contribution < 1.29 is 14.6 Å². The van der Waals surface area contributed by atoms with Crippen LogP contribution in [0, 0.1) is 13.8 Å². The molecule has 2 aromatic rings. The summed E-state index contributed by atoms with van der Waals surface area (Å²) in [7, 11) is 0. The number of ether oxygens (including phenoxy) is 1. The van der Waals surface area contributed by atoms with Crippen LogP contribution in [-0.2, 0) is 6.61 Å². The van der Waals surface area contributed by atoms with Gasteiger partial charge in [-0.2, -0.15) is 0 Å². The van der Waals surface area contributed by atoms with Crippen molar-refractivity contribution in [3.05, 3.63) is 63.7 Å². The summed E-state index contributed by atoms with van der Waals surface area (Å²) in [6.07, 6.45) is 0. The van der Waals surface area contributed by atoms with Crippen LogP contribution in [0.4, 0.5) is 0 Å². The van der Waals surface area contributed by atoms with E-state index in [0.717, 1.165) is 22.4 Å². The third-order valence-corrected chi connectivity index (χ3v) is 3.38. The lowest BCUT2D eigenvalue weighted by atomic mass is 10.1. The number of benzene rings is 2. The van der Waals surface area contributed by atoms with Gasteiger partial charge in [-0.3, -0.25) is 0 Å². The molecule has 0 radical (unpaired) electrons. The number of hydrogen-bond donors (Lipinski definition) is 1. The SMILES string of the molecule is Cc1ccc(C)c(OCc2ccc(C(=O)O)cc2Cl)c1. The molecule has 0 heterocycles. The summed E-state index contributed by atoms with van der Waals surface area (Å²) in [6.45, 7) is 4.29. The molecule has 104 valence electrons. The molecule has 0 atom stereocenters. The fourth-order valence-corrected chi connectivity index (χ4v) is 2.05. The second-order valence-corrected chi connectivity index (χ2v) is 5.08. The molecule has 0 aromatic heterocycles. The van der Waals surface area contributed by atoms with Crippen LogP contribution in [0.1, 0.15) is 27.0 Å². The first-order valence-electron chi connectivity index (χ1n) is 6.19. The van der Waals surface area contributed by atoms with Gasteiger partial charge in [0.2, 0.25) is 0 Å². The van der Waals surface area contributed by atoms with Gasteiger partial charge in [0.15, 0.2) is 0 Å². The summed E-state index contributed by atoms with van der Waals surface area (Å²) in [5.41, 5.74) is 3.11. The van der Waals surface area contributed by atoms with E-state index in [1.165, 1.54) is 12.1 Å². The first-order valence-corrected chi connectivity index (χ1v) is 6.57. The van der Waals surface area contributed by atoms with Gasteiger partial charge in [0, 0.05) is 10.6 Å². The van der Waals surface area contributed by atoms with Crippen molar-refractivity contribution >= 4 is 17.6 Å². The summed E-state index contributed by atoms with van der Waals surface area (Å²) >= 11 is 6.07. The van der Waals surface area contributed by atoms with Gasteiger partial charge in [-0.1, -0.05) is 29.8 Å². The molecule has 3 nitrogen and oxygen atoms in total. The fourth-order valence-electron chi connectivity index (χ4n) is 1.82. The maximum Gasteiger partial charge on any atom is 0.335 e. The van der Waals surface area contributed by atoms with Crippen molar-refractivity contribution in [1.29, 1.82) is 0 Å². The largest absolute Gasteiger partial charge is 0.489 e. The van der Waals surface area contributed by atoms with Crippen molar-refractivity contribution in [3.63, 3.8) is 0 Å². The maximum absolute atomic E-state index is 10.8. The Morgan fingerprint density at radius 1 is 1.20 bits per heavy atom. The van der Waals surface area contributed by atoms with E-state index in [4.69, 9.17) is 21.4 Å². The number of aromatic carboxylic acids is 1. The minimum Gasteiger partial charge on any atom is -0.489 e. The fraction of sp³-hybridized carbons (Fsp3) is 0.188.